The molecule has 0 unspecified atom stereocenters. The number of allylic oxidation sites excluding steroid dienone is 2. The smallest absolute Gasteiger partial charge is 0.173 e. The number of hydrogen-bond acceptors (Lipinski definition) is 4. The molecule has 0 bridgehead atoms. The number of ketones is 2. The van der Waals surface area contributed by atoms with E-state index in [2.05, 4.69) is 13.8 Å². The van der Waals surface area contributed by atoms with E-state index in [9.17, 15) is 9.59 Å². The van der Waals surface area contributed by atoms with E-state index in [-0.39, 0.29) is 28.8 Å². The third-order valence-electron chi connectivity index (χ3n) is 5.69. The highest BCUT2D eigenvalue weighted by Gasteiger charge is 2.50. The number of nitrogens with zero attached hydrogens (tertiary/aromatic N) is 1. The molecule has 130 valence electrons. The largest absolute Gasteiger partial charge is 0.294 e. The molecule has 3 nitrogen and oxygen atoms in total. The number of carbonyl (C=O) groups excluding carboxylic acids is 2. The lowest BCUT2D eigenvalue weighted by Crippen LogP contribution is -2.36. The van der Waals surface area contributed by atoms with E-state index in [4.69, 9.17) is 4.99 Å². The Bertz CT molecular complexity index is 1010. The fourth-order valence-electron chi connectivity index (χ4n) is 4.66. The molecular weight excluding hydrogens is 342 g/mol. The molecule has 2 atom stereocenters. The van der Waals surface area contributed by atoms with Crippen LogP contribution < -0.4 is 0 Å². The fourth-order valence-corrected chi connectivity index (χ4v) is 5.53. The number of carbonyl (C=O) groups is 2. The quantitative estimate of drug-likeness (QED) is 0.733. The van der Waals surface area contributed by atoms with Gasteiger partial charge in [-0.2, -0.15) is 0 Å². The van der Waals surface area contributed by atoms with Gasteiger partial charge in [-0.1, -0.05) is 44.2 Å². The van der Waals surface area contributed by atoms with E-state index in [1.165, 1.54) is 0 Å². The molecule has 0 radical (unpaired) electrons. The van der Waals surface area contributed by atoms with Gasteiger partial charge in [-0.05, 0) is 23.3 Å². The highest BCUT2D eigenvalue weighted by molar-refractivity contribution is 7.10. The van der Waals surface area contributed by atoms with E-state index in [0.29, 0.717) is 6.42 Å². The van der Waals surface area contributed by atoms with Crippen LogP contribution in [0.5, 0.6) is 0 Å². The standard InChI is InChI=1S/C22H19NO2S/c1-22(2)10-14-17(15(24)11-22)18(16-8-5-9-26-16)19-20(23-14)12-6-3-4-7-13(12)21(19)25/h3-9,18-19H,10-11H2,1-2H3/t18-,19-/m0/s1. The van der Waals surface area contributed by atoms with E-state index >= 15 is 0 Å². The topological polar surface area (TPSA) is 46.5 Å². The van der Waals surface area contributed by atoms with Gasteiger partial charge in [-0.15, -0.1) is 11.3 Å². The van der Waals surface area contributed by atoms with Crippen LogP contribution in [-0.2, 0) is 4.79 Å². The Morgan fingerprint density at radius 3 is 2.50 bits per heavy atom. The Labute approximate surface area is 156 Å². The third kappa shape index (κ3) is 2.15. The monoisotopic (exact) mass is 361 g/mol. The molecule has 0 saturated heterocycles. The van der Waals surface area contributed by atoms with Gasteiger partial charge in [0.1, 0.15) is 0 Å². The highest BCUT2D eigenvalue weighted by atomic mass is 32.1. The lowest BCUT2D eigenvalue weighted by Gasteiger charge is -2.37. The van der Waals surface area contributed by atoms with Crippen molar-refractivity contribution in [3.05, 3.63) is 69.1 Å². The summed E-state index contributed by atoms with van der Waals surface area (Å²) in [5.41, 5.74) is 4.11. The summed E-state index contributed by atoms with van der Waals surface area (Å²) in [5, 5.41) is 2.02. The van der Waals surface area contributed by atoms with Gasteiger partial charge in [0.25, 0.3) is 0 Å². The minimum absolute atomic E-state index is 0.0883. The molecular formula is C22H19NO2S. The van der Waals surface area contributed by atoms with Crippen LogP contribution in [0.2, 0.25) is 0 Å². The summed E-state index contributed by atoms with van der Waals surface area (Å²) in [6.07, 6.45) is 1.30. The first-order valence-electron chi connectivity index (χ1n) is 8.98. The zero-order chi connectivity index (χ0) is 18.1. The summed E-state index contributed by atoms with van der Waals surface area (Å²) in [5.74, 6) is -0.306. The first-order chi connectivity index (χ1) is 12.5. The molecule has 1 aromatic carbocycles. The second kappa shape index (κ2) is 5.34. The molecule has 2 aromatic rings. The van der Waals surface area contributed by atoms with Gasteiger partial charge in [0.15, 0.2) is 11.6 Å². The normalized spacial score (nSPS) is 26.3. The third-order valence-corrected chi connectivity index (χ3v) is 6.65. The number of hydrogen-bond donors (Lipinski definition) is 0. The van der Waals surface area contributed by atoms with Crippen molar-refractivity contribution in [2.45, 2.75) is 32.6 Å². The molecule has 0 N–H and O–H groups in total. The number of aliphatic imine (C=N–C) groups is 1. The summed E-state index contributed by atoms with van der Waals surface area (Å²) in [6, 6.07) is 11.8. The van der Waals surface area contributed by atoms with Crippen molar-refractivity contribution in [2.24, 2.45) is 16.3 Å². The second-order valence-electron chi connectivity index (χ2n) is 8.18. The molecule has 3 aliphatic rings. The molecule has 1 aliphatic heterocycles. The van der Waals surface area contributed by atoms with Gasteiger partial charge in [-0.3, -0.25) is 14.6 Å². The maximum absolute atomic E-state index is 13.2. The molecule has 4 heteroatoms. The van der Waals surface area contributed by atoms with Crippen molar-refractivity contribution in [1.82, 2.24) is 0 Å². The number of fused-ring (bicyclic) bond motifs is 3. The molecule has 26 heavy (non-hydrogen) atoms. The van der Waals surface area contributed by atoms with Crippen LogP contribution in [0, 0.1) is 11.3 Å². The average Bonchev–Trinajstić information content (AvgIpc) is 3.21. The molecule has 0 fully saturated rings. The molecule has 0 saturated carbocycles. The van der Waals surface area contributed by atoms with Gasteiger partial charge in [-0.25, -0.2) is 0 Å². The lowest BCUT2D eigenvalue weighted by molar-refractivity contribution is -0.118. The Morgan fingerprint density at radius 1 is 1.00 bits per heavy atom. The van der Waals surface area contributed by atoms with E-state index in [1.54, 1.807) is 11.3 Å². The minimum atomic E-state index is -0.366. The average molecular weight is 361 g/mol. The second-order valence-corrected chi connectivity index (χ2v) is 9.16. The van der Waals surface area contributed by atoms with Gasteiger partial charge in [0, 0.05) is 39.6 Å². The van der Waals surface area contributed by atoms with Crippen molar-refractivity contribution in [1.29, 1.82) is 0 Å². The van der Waals surface area contributed by atoms with Crippen molar-refractivity contribution in [3.8, 4) is 0 Å². The Morgan fingerprint density at radius 2 is 1.77 bits per heavy atom. The molecule has 0 spiro atoms. The summed E-state index contributed by atoms with van der Waals surface area (Å²) in [6.45, 7) is 4.24. The predicted molar refractivity (Wildman–Crippen MR) is 103 cm³/mol. The maximum Gasteiger partial charge on any atom is 0.173 e. The van der Waals surface area contributed by atoms with Crippen molar-refractivity contribution in [2.75, 3.05) is 0 Å². The van der Waals surface area contributed by atoms with Crippen molar-refractivity contribution < 1.29 is 9.59 Å². The number of benzene rings is 1. The minimum Gasteiger partial charge on any atom is -0.294 e. The van der Waals surface area contributed by atoms with E-state index < -0.39 is 0 Å². The Hall–Kier alpha value is -2.33. The zero-order valence-corrected chi connectivity index (χ0v) is 15.6. The fraction of sp³-hybridized carbons (Fsp3) is 0.318. The molecule has 2 heterocycles. The molecule has 2 aliphatic carbocycles. The number of rotatable bonds is 1. The Kier molecular flexibility index (Phi) is 3.26. The van der Waals surface area contributed by atoms with Crippen LogP contribution in [0.15, 0.2) is 58.0 Å². The zero-order valence-electron chi connectivity index (χ0n) is 14.8. The van der Waals surface area contributed by atoms with Crippen LogP contribution in [0.4, 0.5) is 0 Å². The summed E-state index contributed by atoms with van der Waals surface area (Å²) >= 11 is 1.62. The summed E-state index contributed by atoms with van der Waals surface area (Å²) in [7, 11) is 0. The van der Waals surface area contributed by atoms with Gasteiger partial charge in [0.05, 0.1) is 11.6 Å². The number of thiophene rings is 1. The highest BCUT2D eigenvalue weighted by Crippen LogP contribution is 2.51. The first-order valence-corrected chi connectivity index (χ1v) is 9.86. The van der Waals surface area contributed by atoms with Gasteiger partial charge >= 0.3 is 0 Å². The predicted octanol–water partition coefficient (Wildman–Crippen LogP) is 4.79. The van der Waals surface area contributed by atoms with E-state index in [0.717, 1.165) is 39.4 Å². The van der Waals surface area contributed by atoms with Crippen LogP contribution in [0.1, 0.15) is 53.4 Å². The van der Waals surface area contributed by atoms with Crippen LogP contribution >= 0.6 is 11.3 Å². The first kappa shape index (κ1) is 15.9. The van der Waals surface area contributed by atoms with Crippen LogP contribution in [-0.4, -0.2) is 17.3 Å². The van der Waals surface area contributed by atoms with Gasteiger partial charge in [0.2, 0.25) is 0 Å². The maximum atomic E-state index is 13.2. The SMILES string of the molecule is CC1(C)CC(=O)C2=C(C1)N=C1c3ccccc3C(=O)[C@H]1[C@H]2c1cccs1. The summed E-state index contributed by atoms with van der Waals surface area (Å²) in [4.78, 5) is 32.3. The Balaban J connectivity index is 1.77. The van der Waals surface area contributed by atoms with Gasteiger partial charge < -0.3 is 0 Å². The van der Waals surface area contributed by atoms with Crippen LogP contribution in [0.25, 0.3) is 0 Å². The molecule has 0 amide bonds. The van der Waals surface area contributed by atoms with Crippen molar-refractivity contribution in [3.63, 3.8) is 0 Å². The molecule has 1 aromatic heterocycles. The van der Waals surface area contributed by atoms with Crippen LogP contribution in [0.3, 0.4) is 0 Å². The van der Waals surface area contributed by atoms with Crippen molar-refractivity contribution >= 4 is 28.6 Å². The number of Topliss-reactive ketones (excluding diaryl/α,β-unsaturated/α-hetero) is 2. The van der Waals surface area contributed by atoms with E-state index in [1.807, 2.05) is 41.8 Å². The molecule has 5 rings (SSSR count). The lowest BCUT2D eigenvalue weighted by atomic mass is 9.68. The summed E-state index contributed by atoms with van der Waals surface area (Å²) < 4.78 is 0.